The third-order valence-electron chi connectivity index (χ3n) is 2.95. The topological polar surface area (TPSA) is 32.3 Å². The zero-order valence-electron chi connectivity index (χ0n) is 11.9. The van der Waals surface area contributed by atoms with Crippen LogP contribution in [0.5, 0.6) is 0 Å². The van der Waals surface area contributed by atoms with Crippen LogP contribution in [0.3, 0.4) is 0 Å². The van der Waals surface area contributed by atoms with Gasteiger partial charge in [-0.15, -0.1) is 0 Å². The maximum absolute atomic E-state index is 12.1. The molecule has 0 fully saturated rings. The molecular formula is C15H24N2O. The van der Waals surface area contributed by atoms with E-state index in [1.54, 1.807) is 0 Å². The van der Waals surface area contributed by atoms with Gasteiger partial charge in [0.05, 0.1) is 0 Å². The molecule has 0 aliphatic heterocycles. The highest BCUT2D eigenvalue weighted by molar-refractivity contribution is 5.82. The molecule has 1 amide bonds. The quantitative estimate of drug-likeness (QED) is 0.834. The summed E-state index contributed by atoms with van der Waals surface area (Å²) in [7, 11) is 4.00. The molecule has 0 radical (unpaired) electrons. The average molecular weight is 248 g/mol. The largest absolute Gasteiger partial charge is 0.354 e. The molecule has 0 atom stereocenters. The first-order valence-corrected chi connectivity index (χ1v) is 6.39. The Bertz CT molecular complexity index is 371. The Hall–Kier alpha value is -1.35. The molecule has 0 saturated heterocycles. The number of hydrogen-bond acceptors (Lipinski definition) is 2. The highest BCUT2D eigenvalue weighted by Crippen LogP contribution is 2.21. The third-order valence-corrected chi connectivity index (χ3v) is 2.95. The molecule has 1 aromatic carbocycles. The molecule has 0 aliphatic rings. The average Bonchev–Trinajstić information content (AvgIpc) is 2.29. The van der Waals surface area contributed by atoms with Gasteiger partial charge in [0.25, 0.3) is 0 Å². The maximum atomic E-state index is 12.1. The number of hydrogen-bond donors (Lipinski definition) is 1. The first-order valence-electron chi connectivity index (χ1n) is 6.39. The van der Waals surface area contributed by atoms with Gasteiger partial charge in [-0.1, -0.05) is 44.2 Å². The number of nitrogens with zero attached hydrogens (tertiary/aromatic N) is 1. The molecule has 0 spiro atoms. The summed E-state index contributed by atoms with van der Waals surface area (Å²) in [6.45, 7) is 5.55. The van der Waals surface area contributed by atoms with Crippen molar-refractivity contribution in [3.05, 3.63) is 35.9 Å². The van der Waals surface area contributed by atoms with Crippen molar-refractivity contribution in [1.82, 2.24) is 10.2 Å². The van der Waals surface area contributed by atoms with Gasteiger partial charge in [0.2, 0.25) is 5.91 Å². The predicted octanol–water partition coefficient (Wildman–Crippen LogP) is 1.93. The summed E-state index contributed by atoms with van der Waals surface area (Å²) < 4.78 is 0. The third kappa shape index (κ3) is 4.88. The maximum Gasteiger partial charge on any atom is 0.226 e. The monoisotopic (exact) mass is 248 g/mol. The Balaban J connectivity index is 2.49. The van der Waals surface area contributed by atoms with Crippen LogP contribution in [0, 0.1) is 5.41 Å². The van der Waals surface area contributed by atoms with Crippen molar-refractivity contribution in [1.29, 1.82) is 0 Å². The van der Waals surface area contributed by atoms with Gasteiger partial charge in [-0.25, -0.2) is 0 Å². The predicted molar refractivity (Wildman–Crippen MR) is 75.5 cm³/mol. The van der Waals surface area contributed by atoms with E-state index in [0.29, 0.717) is 6.54 Å². The molecule has 0 heterocycles. The van der Waals surface area contributed by atoms with Crippen molar-refractivity contribution in [2.45, 2.75) is 20.3 Å². The van der Waals surface area contributed by atoms with Gasteiger partial charge >= 0.3 is 0 Å². The van der Waals surface area contributed by atoms with Gasteiger partial charge < -0.3 is 10.2 Å². The lowest BCUT2D eigenvalue weighted by atomic mass is 9.85. The summed E-state index contributed by atoms with van der Waals surface area (Å²) in [6.07, 6.45) is 0.766. The number of rotatable bonds is 6. The number of benzene rings is 1. The van der Waals surface area contributed by atoms with Crippen LogP contribution in [0.4, 0.5) is 0 Å². The van der Waals surface area contributed by atoms with E-state index in [0.717, 1.165) is 13.0 Å². The minimum Gasteiger partial charge on any atom is -0.354 e. The lowest BCUT2D eigenvalue weighted by Gasteiger charge is -2.24. The van der Waals surface area contributed by atoms with Crippen LogP contribution >= 0.6 is 0 Å². The van der Waals surface area contributed by atoms with Crippen molar-refractivity contribution in [3.8, 4) is 0 Å². The normalized spacial score (nSPS) is 11.6. The van der Waals surface area contributed by atoms with Crippen LogP contribution in [0.1, 0.15) is 19.4 Å². The second-order valence-electron chi connectivity index (χ2n) is 5.61. The number of likely N-dealkylation sites (N-methyl/N-ethyl adjacent to an activating group) is 1. The SMILES string of the molecule is CN(C)CCNC(=O)C(C)(C)Cc1ccccc1. The standard InChI is InChI=1S/C15H24N2O/c1-15(2,12-13-8-6-5-7-9-13)14(18)16-10-11-17(3)4/h5-9H,10-12H2,1-4H3,(H,16,18). The van der Waals surface area contributed by atoms with Crippen molar-refractivity contribution >= 4 is 5.91 Å². The van der Waals surface area contributed by atoms with Gasteiger partial charge in [0.1, 0.15) is 0 Å². The summed E-state index contributed by atoms with van der Waals surface area (Å²) in [4.78, 5) is 14.2. The summed E-state index contributed by atoms with van der Waals surface area (Å²) in [5.41, 5.74) is 0.832. The lowest BCUT2D eigenvalue weighted by molar-refractivity contribution is -0.129. The Labute approximate surface area is 110 Å². The number of amides is 1. The highest BCUT2D eigenvalue weighted by Gasteiger charge is 2.27. The minimum absolute atomic E-state index is 0.119. The molecule has 0 aliphatic carbocycles. The Morgan fingerprint density at radius 3 is 2.39 bits per heavy atom. The van der Waals surface area contributed by atoms with Crippen molar-refractivity contribution in [3.63, 3.8) is 0 Å². The summed E-state index contributed by atoms with van der Waals surface area (Å²) in [6, 6.07) is 10.1. The molecule has 3 heteroatoms. The Morgan fingerprint density at radius 1 is 1.22 bits per heavy atom. The number of carbonyl (C=O) groups excluding carboxylic acids is 1. The van der Waals surface area contributed by atoms with Crippen molar-refractivity contribution in [2.24, 2.45) is 5.41 Å². The molecule has 1 N–H and O–H groups in total. The van der Waals surface area contributed by atoms with Crippen molar-refractivity contribution in [2.75, 3.05) is 27.2 Å². The van der Waals surface area contributed by atoms with E-state index in [9.17, 15) is 4.79 Å². The summed E-state index contributed by atoms with van der Waals surface area (Å²) in [5, 5.41) is 2.99. The van der Waals surface area contributed by atoms with Crippen LogP contribution in [0.2, 0.25) is 0 Å². The molecule has 0 aromatic heterocycles. The van der Waals surface area contributed by atoms with Crippen molar-refractivity contribution < 1.29 is 4.79 Å². The van der Waals surface area contributed by atoms with E-state index in [1.807, 2.05) is 46.1 Å². The zero-order valence-corrected chi connectivity index (χ0v) is 11.9. The number of carbonyl (C=O) groups is 1. The van der Waals surface area contributed by atoms with Gasteiger partial charge in [0.15, 0.2) is 0 Å². The van der Waals surface area contributed by atoms with E-state index in [-0.39, 0.29) is 11.3 Å². The van der Waals surface area contributed by atoms with Gasteiger partial charge in [0, 0.05) is 18.5 Å². The van der Waals surface area contributed by atoms with E-state index in [2.05, 4.69) is 22.3 Å². The molecule has 100 valence electrons. The van der Waals surface area contributed by atoms with E-state index in [4.69, 9.17) is 0 Å². The van der Waals surface area contributed by atoms with E-state index >= 15 is 0 Å². The molecule has 3 nitrogen and oxygen atoms in total. The fourth-order valence-electron chi connectivity index (χ4n) is 1.82. The molecular weight excluding hydrogens is 224 g/mol. The molecule has 1 rings (SSSR count). The fraction of sp³-hybridized carbons (Fsp3) is 0.533. The Kier molecular flexibility index (Phi) is 5.35. The number of nitrogens with one attached hydrogen (secondary N) is 1. The first-order chi connectivity index (χ1) is 8.42. The fourth-order valence-corrected chi connectivity index (χ4v) is 1.82. The van der Waals surface area contributed by atoms with E-state index in [1.165, 1.54) is 5.56 Å². The van der Waals surface area contributed by atoms with Crippen LogP contribution in [0.15, 0.2) is 30.3 Å². The van der Waals surface area contributed by atoms with Crippen LogP contribution < -0.4 is 5.32 Å². The van der Waals surface area contributed by atoms with E-state index < -0.39 is 0 Å². The molecule has 0 bridgehead atoms. The Morgan fingerprint density at radius 2 is 1.83 bits per heavy atom. The molecule has 0 unspecified atom stereocenters. The second kappa shape index (κ2) is 6.55. The highest BCUT2D eigenvalue weighted by atomic mass is 16.2. The van der Waals surface area contributed by atoms with Gasteiger partial charge in [-0.3, -0.25) is 4.79 Å². The summed E-state index contributed by atoms with van der Waals surface area (Å²) >= 11 is 0. The zero-order chi connectivity index (χ0) is 13.6. The first kappa shape index (κ1) is 14.7. The molecule has 1 aromatic rings. The van der Waals surface area contributed by atoms with Gasteiger partial charge in [-0.2, -0.15) is 0 Å². The van der Waals surface area contributed by atoms with Crippen LogP contribution in [-0.4, -0.2) is 38.0 Å². The van der Waals surface area contributed by atoms with Crippen LogP contribution in [0.25, 0.3) is 0 Å². The second-order valence-corrected chi connectivity index (χ2v) is 5.61. The molecule has 18 heavy (non-hydrogen) atoms. The molecule has 0 saturated carbocycles. The van der Waals surface area contributed by atoms with Gasteiger partial charge in [-0.05, 0) is 26.1 Å². The summed E-state index contributed by atoms with van der Waals surface area (Å²) in [5.74, 6) is 0.119. The van der Waals surface area contributed by atoms with Crippen LogP contribution in [-0.2, 0) is 11.2 Å². The smallest absolute Gasteiger partial charge is 0.226 e. The minimum atomic E-state index is -0.367. The lowest BCUT2D eigenvalue weighted by Crippen LogP contribution is -2.41.